The fraction of sp³-hybridized carbons (Fsp3) is 0.400. The van der Waals surface area contributed by atoms with Gasteiger partial charge in [0.2, 0.25) is 5.91 Å². The van der Waals surface area contributed by atoms with Crippen LogP contribution in [-0.4, -0.2) is 25.0 Å². The number of halogens is 1. The van der Waals surface area contributed by atoms with Gasteiger partial charge in [0, 0.05) is 18.2 Å². The maximum Gasteiger partial charge on any atom is 0.247 e. The number of amides is 1. The smallest absolute Gasteiger partial charge is 0.247 e. The van der Waals surface area contributed by atoms with Crippen LogP contribution in [0.1, 0.15) is 25.3 Å². The lowest BCUT2D eigenvalue weighted by Crippen LogP contribution is -2.45. The Morgan fingerprint density at radius 2 is 2.16 bits per heavy atom. The van der Waals surface area contributed by atoms with Crippen LogP contribution < -0.4 is 10.6 Å². The van der Waals surface area contributed by atoms with Crippen LogP contribution in [0, 0.1) is 5.82 Å². The number of carbonyl (C=O) groups excluding carboxylic acids is 1. The fourth-order valence-corrected chi connectivity index (χ4v) is 2.15. The Bertz CT molecular complexity index is 462. The maximum absolute atomic E-state index is 12.8. The van der Waals surface area contributed by atoms with E-state index >= 15 is 0 Å². The van der Waals surface area contributed by atoms with Crippen molar-refractivity contribution < 1.29 is 9.18 Å². The number of hydrogen-bond donors (Lipinski definition) is 2. The van der Waals surface area contributed by atoms with Crippen LogP contribution in [0.25, 0.3) is 6.08 Å². The van der Waals surface area contributed by atoms with Crippen LogP contribution in [0.15, 0.2) is 29.8 Å². The standard InChI is InChI=1S/C15H19FN2O/c1-11(9-12-4-6-13(16)7-5-12)15(19)18-14-3-2-8-17-10-14/h4-7,9,14,17H,2-3,8,10H2,1H3,(H,18,19)/b11-9-. The molecule has 4 heteroatoms. The Morgan fingerprint density at radius 1 is 1.42 bits per heavy atom. The Morgan fingerprint density at radius 3 is 2.79 bits per heavy atom. The van der Waals surface area contributed by atoms with Gasteiger partial charge >= 0.3 is 0 Å². The van der Waals surface area contributed by atoms with Crippen molar-refractivity contribution >= 4 is 12.0 Å². The zero-order chi connectivity index (χ0) is 13.7. The van der Waals surface area contributed by atoms with Gasteiger partial charge in [-0.05, 0) is 50.1 Å². The molecule has 3 nitrogen and oxygen atoms in total. The highest BCUT2D eigenvalue weighted by Crippen LogP contribution is 2.09. The molecule has 1 amide bonds. The highest BCUT2D eigenvalue weighted by atomic mass is 19.1. The van der Waals surface area contributed by atoms with Crippen LogP contribution in [0.5, 0.6) is 0 Å². The molecule has 0 bridgehead atoms. The van der Waals surface area contributed by atoms with E-state index in [0.29, 0.717) is 5.57 Å². The van der Waals surface area contributed by atoms with Crippen LogP contribution in [-0.2, 0) is 4.79 Å². The minimum absolute atomic E-state index is 0.0574. The average Bonchev–Trinajstić information content (AvgIpc) is 2.42. The molecule has 102 valence electrons. The number of hydrogen-bond acceptors (Lipinski definition) is 2. The van der Waals surface area contributed by atoms with Crippen molar-refractivity contribution in [3.05, 3.63) is 41.2 Å². The second-order valence-electron chi connectivity index (χ2n) is 4.90. The van der Waals surface area contributed by atoms with Gasteiger partial charge in [-0.3, -0.25) is 4.79 Å². The summed E-state index contributed by atoms with van der Waals surface area (Å²) in [6, 6.07) is 6.31. The third-order valence-electron chi connectivity index (χ3n) is 3.24. The molecule has 1 aromatic rings. The number of nitrogens with one attached hydrogen (secondary N) is 2. The van der Waals surface area contributed by atoms with Gasteiger partial charge in [0.15, 0.2) is 0 Å². The Hall–Kier alpha value is -1.68. The monoisotopic (exact) mass is 262 g/mol. The minimum Gasteiger partial charge on any atom is -0.348 e. The number of piperidine rings is 1. The molecular formula is C15H19FN2O. The zero-order valence-corrected chi connectivity index (χ0v) is 11.1. The Kier molecular flexibility index (Phi) is 4.68. The Labute approximate surface area is 112 Å². The van der Waals surface area contributed by atoms with Crippen molar-refractivity contribution in [1.29, 1.82) is 0 Å². The van der Waals surface area contributed by atoms with Crippen molar-refractivity contribution in [2.75, 3.05) is 13.1 Å². The first kappa shape index (κ1) is 13.7. The molecule has 19 heavy (non-hydrogen) atoms. The third kappa shape index (κ3) is 4.17. The van der Waals surface area contributed by atoms with Crippen molar-refractivity contribution in [2.24, 2.45) is 0 Å². The molecule has 0 saturated carbocycles. The van der Waals surface area contributed by atoms with Crippen LogP contribution in [0.3, 0.4) is 0 Å². The fourth-order valence-electron chi connectivity index (χ4n) is 2.15. The summed E-state index contributed by atoms with van der Waals surface area (Å²) in [5, 5.41) is 6.27. The van der Waals surface area contributed by atoms with Crippen molar-refractivity contribution in [3.63, 3.8) is 0 Å². The summed E-state index contributed by atoms with van der Waals surface area (Å²) >= 11 is 0. The van der Waals surface area contributed by atoms with Gasteiger partial charge in [-0.15, -0.1) is 0 Å². The highest BCUT2D eigenvalue weighted by molar-refractivity contribution is 5.97. The third-order valence-corrected chi connectivity index (χ3v) is 3.24. The van der Waals surface area contributed by atoms with E-state index in [4.69, 9.17) is 0 Å². The van der Waals surface area contributed by atoms with Gasteiger partial charge in [0.05, 0.1) is 0 Å². The molecule has 1 saturated heterocycles. The van der Waals surface area contributed by atoms with Crippen molar-refractivity contribution in [3.8, 4) is 0 Å². The molecule has 0 spiro atoms. The number of rotatable bonds is 3. The molecule has 0 aliphatic carbocycles. The van der Waals surface area contributed by atoms with E-state index in [2.05, 4.69) is 10.6 Å². The summed E-state index contributed by atoms with van der Waals surface area (Å²) in [6.07, 6.45) is 3.87. The minimum atomic E-state index is -0.271. The van der Waals surface area contributed by atoms with Crippen LogP contribution in [0.2, 0.25) is 0 Å². The lowest BCUT2D eigenvalue weighted by molar-refractivity contribution is -0.118. The molecule has 1 atom stereocenters. The summed E-state index contributed by atoms with van der Waals surface area (Å²) < 4.78 is 12.8. The lowest BCUT2D eigenvalue weighted by atomic mass is 10.1. The quantitative estimate of drug-likeness (QED) is 0.819. The molecule has 1 aliphatic heterocycles. The molecule has 1 heterocycles. The van der Waals surface area contributed by atoms with E-state index in [-0.39, 0.29) is 17.8 Å². The lowest BCUT2D eigenvalue weighted by Gasteiger charge is -2.23. The van der Waals surface area contributed by atoms with E-state index in [0.717, 1.165) is 31.5 Å². The summed E-state index contributed by atoms with van der Waals surface area (Å²) in [6.45, 7) is 3.63. The summed E-state index contributed by atoms with van der Waals surface area (Å²) in [5.74, 6) is -0.328. The van der Waals surface area contributed by atoms with Crippen LogP contribution >= 0.6 is 0 Å². The van der Waals surface area contributed by atoms with Gasteiger partial charge in [-0.25, -0.2) is 4.39 Å². The van der Waals surface area contributed by atoms with E-state index in [1.165, 1.54) is 12.1 Å². The molecule has 2 rings (SSSR count). The first-order chi connectivity index (χ1) is 9.15. The van der Waals surface area contributed by atoms with Gasteiger partial charge < -0.3 is 10.6 Å². The second kappa shape index (κ2) is 6.48. The van der Waals surface area contributed by atoms with E-state index in [9.17, 15) is 9.18 Å². The average molecular weight is 262 g/mol. The van der Waals surface area contributed by atoms with Crippen molar-refractivity contribution in [2.45, 2.75) is 25.8 Å². The largest absolute Gasteiger partial charge is 0.348 e. The molecule has 0 radical (unpaired) electrons. The summed E-state index contributed by atoms with van der Waals surface area (Å²) in [4.78, 5) is 12.0. The first-order valence-electron chi connectivity index (χ1n) is 6.60. The predicted molar refractivity (Wildman–Crippen MR) is 74.1 cm³/mol. The summed E-state index contributed by atoms with van der Waals surface area (Å²) in [5.41, 5.74) is 1.47. The maximum atomic E-state index is 12.8. The topological polar surface area (TPSA) is 41.1 Å². The number of benzene rings is 1. The molecule has 0 aromatic heterocycles. The van der Waals surface area contributed by atoms with E-state index in [1.807, 2.05) is 0 Å². The van der Waals surface area contributed by atoms with Gasteiger partial charge in [-0.1, -0.05) is 12.1 Å². The molecule has 1 aliphatic rings. The molecular weight excluding hydrogens is 243 g/mol. The zero-order valence-electron chi connectivity index (χ0n) is 11.1. The SMILES string of the molecule is C/C(=C/c1ccc(F)cc1)C(=O)NC1CCCNC1. The highest BCUT2D eigenvalue weighted by Gasteiger charge is 2.15. The normalized spacial score (nSPS) is 20.1. The molecule has 1 unspecified atom stereocenters. The van der Waals surface area contributed by atoms with Gasteiger partial charge in [0.25, 0.3) is 0 Å². The Balaban J connectivity index is 1.95. The molecule has 1 aromatic carbocycles. The second-order valence-corrected chi connectivity index (χ2v) is 4.90. The summed E-state index contributed by atoms with van der Waals surface area (Å²) in [7, 11) is 0. The number of carbonyl (C=O) groups is 1. The molecule has 1 fully saturated rings. The van der Waals surface area contributed by atoms with Crippen LogP contribution in [0.4, 0.5) is 4.39 Å². The molecule has 2 N–H and O–H groups in total. The van der Waals surface area contributed by atoms with Crippen molar-refractivity contribution in [1.82, 2.24) is 10.6 Å². The van der Waals surface area contributed by atoms with Gasteiger partial charge in [-0.2, -0.15) is 0 Å². The van der Waals surface area contributed by atoms with E-state index < -0.39 is 0 Å². The first-order valence-corrected chi connectivity index (χ1v) is 6.60. The van der Waals surface area contributed by atoms with E-state index in [1.54, 1.807) is 25.1 Å². The predicted octanol–water partition coefficient (Wildman–Crippen LogP) is 2.10. The van der Waals surface area contributed by atoms with Gasteiger partial charge in [0.1, 0.15) is 5.82 Å².